The van der Waals surface area contributed by atoms with E-state index in [1.165, 1.54) is 6.42 Å². The third-order valence-corrected chi connectivity index (χ3v) is 6.59. The summed E-state index contributed by atoms with van der Waals surface area (Å²) in [6.07, 6.45) is 7.21. The van der Waals surface area contributed by atoms with E-state index in [2.05, 4.69) is 0 Å². The Bertz CT molecular complexity index is 800. The summed E-state index contributed by atoms with van der Waals surface area (Å²) in [5, 5.41) is 0. The molecular formula is C23H34N2O4. The number of hydrogen-bond donors (Lipinski definition) is 0. The smallest absolute Gasteiger partial charge is 0.355 e. The number of carbonyl (C=O) groups excluding carboxylic acids is 3. The van der Waals surface area contributed by atoms with Crippen LogP contribution in [0.15, 0.2) is 0 Å². The first kappa shape index (κ1) is 21.6. The van der Waals surface area contributed by atoms with Crippen molar-refractivity contribution < 1.29 is 19.1 Å². The van der Waals surface area contributed by atoms with Crippen molar-refractivity contribution in [3.8, 4) is 0 Å². The van der Waals surface area contributed by atoms with Crippen LogP contribution in [0.25, 0.3) is 0 Å². The van der Waals surface area contributed by atoms with Gasteiger partial charge in [-0.15, -0.1) is 0 Å². The predicted octanol–water partition coefficient (Wildman–Crippen LogP) is 3.96. The van der Waals surface area contributed by atoms with Crippen LogP contribution in [0.2, 0.25) is 0 Å². The minimum atomic E-state index is -0.527. The lowest BCUT2D eigenvalue weighted by Gasteiger charge is -2.38. The Morgan fingerprint density at radius 2 is 1.72 bits per heavy atom. The van der Waals surface area contributed by atoms with E-state index in [1.807, 2.05) is 18.7 Å². The second-order valence-corrected chi connectivity index (χ2v) is 8.57. The minimum absolute atomic E-state index is 0.0780. The van der Waals surface area contributed by atoms with Gasteiger partial charge in [0.1, 0.15) is 5.69 Å². The molecule has 1 aromatic heterocycles. The summed E-state index contributed by atoms with van der Waals surface area (Å²) in [4.78, 5) is 41.0. The topological polar surface area (TPSA) is 68.6 Å². The van der Waals surface area contributed by atoms with E-state index in [0.29, 0.717) is 16.8 Å². The van der Waals surface area contributed by atoms with Gasteiger partial charge >= 0.3 is 5.97 Å². The van der Waals surface area contributed by atoms with Gasteiger partial charge in [-0.2, -0.15) is 0 Å². The zero-order chi connectivity index (χ0) is 21.3. The predicted molar refractivity (Wildman–Crippen MR) is 111 cm³/mol. The van der Waals surface area contributed by atoms with Crippen LogP contribution in [0.1, 0.15) is 90.9 Å². The number of Topliss-reactive ketones (excluding diaryl/α,β-unsaturated/α-hetero) is 1. The largest absolute Gasteiger partial charge is 0.461 e. The molecule has 1 unspecified atom stereocenters. The van der Waals surface area contributed by atoms with Crippen LogP contribution in [0, 0.1) is 19.8 Å². The molecule has 2 saturated carbocycles. The molecule has 0 aliphatic heterocycles. The number of esters is 1. The lowest BCUT2D eigenvalue weighted by atomic mass is 9.91. The summed E-state index contributed by atoms with van der Waals surface area (Å²) in [7, 11) is 1.78. The summed E-state index contributed by atoms with van der Waals surface area (Å²) >= 11 is 0. The number of ether oxygens (including phenoxy) is 1. The number of nitrogens with zero attached hydrogens (tertiary/aromatic N) is 2. The van der Waals surface area contributed by atoms with Gasteiger partial charge in [-0.3, -0.25) is 9.59 Å². The van der Waals surface area contributed by atoms with Crippen molar-refractivity contribution in [3.05, 3.63) is 22.5 Å². The van der Waals surface area contributed by atoms with Crippen molar-refractivity contribution in [1.82, 2.24) is 9.47 Å². The molecule has 1 atom stereocenters. The normalized spacial score (nSPS) is 18.4. The SMILES string of the molecule is CCOC(=O)c1c(C)c(C(=O)C(C)N(C(=O)C2CC2)C2CCCCC2)c(C)n1C. The first-order chi connectivity index (χ1) is 13.8. The van der Waals surface area contributed by atoms with Gasteiger partial charge in [-0.1, -0.05) is 19.3 Å². The number of carbonyl (C=O) groups is 3. The highest BCUT2D eigenvalue weighted by molar-refractivity contribution is 6.06. The van der Waals surface area contributed by atoms with E-state index in [9.17, 15) is 14.4 Å². The van der Waals surface area contributed by atoms with Gasteiger partial charge in [-0.05, 0) is 58.9 Å². The summed E-state index contributed by atoms with van der Waals surface area (Å²) in [5.41, 5.74) is 2.35. The van der Waals surface area contributed by atoms with Crippen LogP contribution in [-0.2, 0) is 16.6 Å². The Labute approximate surface area is 173 Å². The molecule has 0 N–H and O–H groups in total. The van der Waals surface area contributed by atoms with Gasteiger partial charge in [-0.25, -0.2) is 4.79 Å². The summed E-state index contributed by atoms with van der Waals surface area (Å²) in [6, 6.07) is -0.384. The Kier molecular flexibility index (Phi) is 6.49. The molecule has 3 rings (SSSR count). The van der Waals surface area contributed by atoms with Gasteiger partial charge in [0.2, 0.25) is 5.91 Å². The molecule has 2 fully saturated rings. The fourth-order valence-electron chi connectivity index (χ4n) is 4.75. The standard InChI is InChI=1S/C23H34N2O4/c1-6-29-23(28)20-14(2)19(15(3)24(20)5)21(26)16(4)25(22(27)17-12-13-17)18-10-8-7-9-11-18/h16-18H,6-13H2,1-5H3. The molecule has 6 heteroatoms. The van der Waals surface area contributed by atoms with Crippen molar-refractivity contribution in [2.45, 2.75) is 84.7 Å². The van der Waals surface area contributed by atoms with Gasteiger partial charge in [0.05, 0.1) is 12.6 Å². The van der Waals surface area contributed by atoms with E-state index >= 15 is 0 Å². The molecule has 6 nitrogen and oxygen atoms in total. The highest BCUT2D eigenvalue weighted by Gasteiger charge is 2.41. The number of ketones is 1. The molecule has 0 saturated heterocycles. The molecular weight excluding hydrogens is 368 g/mol. The Morgan fingerprint density at radius 3 is 2.28 bits per heavy atom. The van der Waals surface area contributed by atoms with Gasteiger partial charge < -0.3 is 14.2 Å². The maximum atomic E-state index is 13.6. The van der Waals surface area contributed by atoms with Crippen molar-refractivity contribution in [1.29, 1.82) is 0 Å². The summed E-state index contributed by atoms with van der Waals surface area (Å²) < 4.78 is 6.92. The highest BCUT2D eigenvalue weighted by Crippen LogP contribution is 2.36. The van der Waals surface area contributed by atoms with E-state index in [1.54, 1.807) is 25.5 Å². The molecule has 0 spiro atoms. The van der Waals surface area contributed by atoms with Gasteiger partial charge in [0.15, 0.2) is 5.78 Å². The fourth-order valence-corrected chi connectivity index (χ4v) is 4.75. The molecule has 2 aliphatic rings. The van der Waals surface area contributed by atoms with Crippen LogP contribution in [0.3, 0.4) is 0 Å². The average Bonchev–Trinajstić information content (AvgIpc) is 3.51. The monoisotopic (exact) mass is 402 g/mol. The van der Waals surface area contributed by atoms with Crippen molar-refractivity contribution >= 4 is 17.7 Å². The number of amides is 1. The third kappa shape index (κ3) is 4.12. The first-order valence-electron chi connectivity index (χ1n) is 11.0. The van der Waals surface area contributed by atoms with Gasteiger partial charge in [0, 0.05) is 30.3 Å². The maximum absolute atomic E-state index is 13.6. The molecule has 1 amide bonds. The lowest BCUT2D eigenvalue weighted by Crippen LogP contribution is -2.50. The molecule has 1 aromatic rings. The number of rotatable bonds is 7. The lowest BCUT2D eigenvalue weighted by molar-refractivity contribution is -0.137. The van der Waals surface area contributed by atoms with E-state index in [4.69, 9.17) is 4.74 Å². The van der Waals surface area contributed by atoms with Crippen LogP contribution >= 0.6 is 0 Å². The van der Waals surface area contributed by atoms with Crippen molar-refractivity contribution in [3.63, 3.8) is 0 Å². The first-order valence-corrected chi connectivity index (χ1v) is 11.0. The van der Waals surface area contributed by atoms with Crippen molar-refractivity contribution in [2.75, 3.05) is 6.61 Å². The van der Waals surface area contributed by atoms with Gasteiger partial charge in [0.25, 0.3) is 0 Å². The molecule has 2 aliphatic carbocycles. The van der Waals surface area contributed by atoms with Crippen LogP contribution in [0.5, 0.6) is 0 Å². The maximum Gasteiger partial charge on any atom is 0.355 e. The Morgan fingerprint density at radius 1 is 1.10 bits per heavy atom. The van der Waals surface area contributed by atoms with E-state index in [0.717, 1.165) is 44.2 Å². The molecule has 29 heavy (non-hydrogen) atoms. The Hall–Kier alpha value is -2.11. The third-order valence-electron chi connectivity index (χ3n) is 6.59. The molecule has 160 valence electrons. The zero-order valence-corrected chi connectivity index (χ0v) is 18.4. The summed E-state index contributed by atoms with van der Waals surface area (Å²) in [5.74, 6) is -0.277. The molecule has 0 radical (unpaired) electrons. The average molecular weight is 403 g/mol. The Balaban J connectivity index is 1.94. The van der Waals surface area contributed by atoms with Crippen molar-refractivity contribution in [2.24, 2.45) is 13.0 Å². The minimum Gasteiger partial charge on any atom is -0.461 e. The quantitative estimate of drug-likeness (QED) is 0.511. The van der Waals surface area contributed by atoms with Crippen LogP contribution in [0.4, 0.5) is 0 Å². The number of aromatic nitrogens is 1. The zero-order valence-electron chi connectivity index (χ0n) is 18.4. The highest BCUT2D eigenvalue weighted by atomic mass is 16.5. The van der Waals surface area contributed by atoms with E-state index in [-0.39, 0.29) is 30.3 Å². The number of hydrogen-bond acceptors (Lipinski definition) is 4. The van der Waals surface area contributed by atoms with Crippen LogP contribution in [-0.4, -0.2) is 45.8 Å². The fraction of sp³-hybridized carbons (Fsp3) is 0.696. The molecule has 0 bridgehead atoms. The summed E-state index contributed by atoms with van der Waals surface area (Å²) in [6.45, 7) is 7.56. The van der Waals surface area contributed by atoms with Crippen LogP contribution < -0.4 is 0 Å². The molecule has 1 heterocycles. The molecule has 0 aromatic carbocycles. The second-order valence-electron chi connectivity index (χ2n) is 8.57. The second kappa shape index (κ2) is 8.72. The van der Waals surface area contributed by atoms with E-state index < -0.39 is 12.0 Å².